The van der Waals surface area contributed by atoms with Crippen LogP contribution in [0, 0.1) is 11.3 Å². The van der Waals surface area contributed by atoms with Gasteiger partial charge in [0, 0.05) is 24.3 Å². The number of piperidine rings is 1. The lowest BCUT2D eigenvalue weighted by Crippen LogP contribution is -2.39. The van der Waals surface area contributed by atoms with Gasteiger partial charge in [0.2, 0.25) is 0 Å². The van der Waals surface area contributed by atoms with Gasteiger partial charge in [-0.2, -0.15) is 5.10 Å². The van der Waals surface area contributed by atoms with Crippen LogP contribution in [0.5, 0.6) is 0 Å². The molecule has 2 aliphatic rings. The number of halogens is 1. The molecule has 6 nitrogen and oxygen atoms in total. The van der Waals surface area contributed by atoms with E-state index in [-0.39, 0.29) is 17.2 Å². The van der Waals surface area contributed by atoms with Gasteiger partial charge in [-0.3, -0.25) is 9.59 Å². The van der Waals surface area contributed by atoms with Crippen molar-refractivity contribution in [2.45, 2.75) is 19.3 Å². The van der Waals surface area contributed by atoms with Crippen LogP contribution in [-0.4, -0.2) is 44.8 Å². The average Bonchev–Trinajstić information content (AvgIpc) is 3.08. The van der Waals surface area contributed by atoms with Gasteiger partial charge >= 0.3 is 5.97 Å². The van der Waals surface area contributed by atoms with Crippen LogP contribution < -0.4 is 0 Å². The monoisotopic (exact) mass is 359 g/mol. The van der Waals surface area contributed by atoms with E-state index in [1.54, 1.807) is 34.1 Å². The molecular formula is C18H18ClN3O3. The third-order valence-electron chi connectivity index (χ3n) is 5.44. The quantitative estimate of drug-likeness (QED) is 0.914. The number of hydrogen-bond acceptors (Lipinski definition) is 3. The number of amides is 1. The predicted molar refractivity (Wildman–Crippen MR) is 91.9 cm³/mol. The van der Waals surface area contributed by atoms with Crippen LogP contribution in [0.3, 0.4) is 0 Å². The molecule has 1 amide bonds. The van der Waals surface area contributed by atoms with Crippen molar-refractivity contribution >= 4 is 23.5 Å². The number of carboxylic acids is 1. The van der Waals surface area contributed by atoms with Gasteiger partial charge in [0.15, 0.2) is 0 Å². The molecule has 130 valence electrons. The minimum absolute atomic E-state index is 0.0596. The Morgan fingerprint density at radius 3 is 2.68 bits per heavy atom. The van der Waals surface area contributed by atoms with Crippen molar-refractivity contribution < 1.29 is 14.7 Å². The second kappa shape index (κ2) is 5.88. The Morgan fingerprint density at radius 1 is 1.28 bits per heavy atom. The van der Waals surface area contributed by atoms with E-state index < -0.39 is 5.97 Å². The van der Waals surface area contributed by atoms with Crippen molar-refractivity contribution in [3.63, 3.8) is 0 Å². The molecule has 0 radical (unpaired) electrons. The van der Waals surface area contributed by atoms with Crippen LogP contribution >= 0.6 is 11.6 Å². The van der Waals surface area contributed by atoms with E-state index in [2.05, 4.69) is 5.10 Å². The smallest absolute Gasteiger partial charge is 0.307 e. The first-order chi connectivity index (χ1) is 12.0. The zero-order valence-corrected chi connectivity index (χ0v) is 14.3. The molecule has 1 spiro atoms. The van der Waals surface area contributed by atoms with E-state index in [0.717, 1.165) is 24.9 Å². The number of carboxylic acid groups (broad SMARTS) is 1. The number of nitrogens with zero attached hydrogens (tertiary/aromatic N) is 3. The molecule has 0 bridgehead atoms. The number of benzene rings is 1. The number of likely N-dealkylation sites (tertiary alicyclic amines) is 1. The van der Waals surface area contributed by atoms with Gasteiger partial charge in [-0.15, -0.1) is 0 Å². The van der Waals surface area contributed by atoms with Gasteiger partial charge < -0.3 is 10.0 Å². The SMILES string of the molecule is O=C(O)C1CC12CCN(C(=O)c1cnn(-c3cccc(Cl)c3)c1)CC2. The van der Waals surface area contributed by atoms with Crippen molar-refractivity contribution in [2.24, 2.45) is 11.3 Å². The van der Waals surface area contributed by atoms with Gasteiger partial charge in [-0.1, -0.05) is 17.7 Å². The van der Waals surface area contributed by atoms with Crippen LogP contribution in [0.25, 0.3) is 5.69 Å². The number of aromatic nitrogens is 2. The summed E-state index contributed by atoms with van der Waals surface area (Å²) >= 11 is 5.99. The number of carbonyl (C=O) groups is 2. The minimum atomic E-state index is -0.706. The predicted octanol–water partition coefficient (Wildman–Crippen LogP) is 2.85. The average molecular weight is 360 g/mol. The fourth-order valence-corrected chi connectivity index (χ4v) is 3.96. The van der Waals surface area contributed by atoms with Gasteiger partial charge in [0.1, 0.15) is 0 Å². The highest BCUT2D eigenvalue weighted by Crippen LogP contribution is 2.59. The summed E-state index contributed by atoms with van der Waals surface area (Å²) < 4.78 is 1.63. The topological polar surface area (TPSA) is 75.4 Å². The van der Waals surface area contributed by atoms with Crippen molar-refractivity contribution in [3.8, 4) is 5.69 Å². The highest BCUT2D eigenvalue weighted by Gasteiger charge is 2.59. The van der Waals surface area contributed by atoms with E-state index in [1.165, 1.54) is 0 Å². The second-order valence-corrected chi connectivity index (χ2v) is 7.34. The summed E-state index contributed by atoms with van der Waals surface area (Å²) in [5.41, 5.74) is 1.25. The molecule has 2 heterocycles. The maximum absolute atomic E-state index is 12.7. The van der Waals surface area contributed by atoms with Crippen LogP contribution in [0.2, 0.25) is 5.02 Å². The van der Waals surface area contributed by atoms with Crippen molar-refractivity contribution in [2.75, 3.05) is 13.1 Å². The van der Waals surface area contributed by atoms with E-state index in [9.17, 15) is 9.59 Å². The highest BCUT2D eigenvalue weighted by atomic mass is 35.5. The number of aliphatic carboxylic acids is 1. The zero-order valence-electron chi connectivity index (χ0n) is 13.6. The Hall–Kier alpha value is -2.34. The van der Waals surface area contributed by atoms with E-state index in [4.69, 9.17) is 16.7 Å². The Bertz CT molecular complexity index is 840. The Labute approximate surface area is 150 Å². The third-order valence-corrected chi connectivity index (χ3v) is 5.67. The van der Waals surface area contributed by atoms with Gasteiger partial charge in [-0.25, -0.2) is 4.68 Å². The molecule has 1 saturated heterocycles. The molecule has 1 aliphatic heterocycles. The van der Waals surface area contributed by atoms with Crippen molar-refractivity contribution in [3.05, 3.63) is 47.2 Å². The molecule has 1 aromatic carbocycles. The molecule has 1 unspecified atom stereocenters. The minimum Gasteiger partial charge on any atom is -0.481 e. The van der Waals surface area contributed by atoms with E-state index in [0.29, 0.717) is 23.7 Å². The highest BCUT2D eigenvalue weighted by molar-refractivity contribution is 6.30. The summed E-state index contributed by atoms with van der Waals surface area (Å²) in [7, 11) is 0. The summed E-state index contributed by atoms with van der Waals surface area (Å²) in [4.78, 5) is 25.6. The Balaban J connectivity index is 1.44. The molecule has 4 rings (SSSR count). The van der Waals surface area contributed by atoms with Crippen molar-refractivity contribution in [1.82, 2.24) is 14.7 Å². The normalized spacial score (nSPS) is 21.3. The fourth-order valence-electron chi connectivity index (χ4n) is 3.78. The largest absolute Gasteiger partial charge is 0.481 e. The molecular weight excluding hydrogens is 342 g/mol. The first-order valence-electron chi connectivity index (χ1n) is 8.31. The summed E-state index contributed by atoms with van der Waals surface area (Å²) in [6.07, 6.45) is 5.54. The molecule has 1 saturated carbocycles. The summed E-state index contributed by atoms with van der Waals surface area (Å²) in [5.74, 6) is -0.992. The molecule has 25 heavy (non-hydrogen) atoms. The van der Waals surface area contributed by atoms with Gasteiger partial charge in [0.25, 0.3) is 5.91 Å². The number of hydrogen-bond donors (Lipinski definition) is 1. The van der Waals surface area contributed by atoms with Crippen LogP contribution in [0.1, 0.15) is 29.6 Å². The molecule has 1 aromatic heterocycles. The summed E-state index contributed by atoms with van der Waals surface area (Å²) in [5, 5.41) is 14.0. The lowest BCUT2D eigenvalue weighted by Gasteiger charge is -2.32. The standard InChI is InChI=1S/C18H18ClN3O3/c19-13-2-1-3-14(8-13)22-11-12(10-20-22)16(23)21-6-4-18(5-7-21)9-15(18)17(24)25/h1-3,8,10-11,15H,4-7,9H2,(H,24,25). The number of carbonyl (C=O) groups excluding carboxylic acids is 1. The van der Waals surface area contributed by atoms with Crippen molar-refractivity contribution in [1.29, 1.82) is 0 Å². The maximum Gasteiger partial charge on any atom is 0.307 e. The molecule has 1 aliphatic carbocycles. The van der Waals surface area contributed by atoms with Crippen LogP contribution in [0.4, 0.5) is 0 Å². The molecule has 2 fully saturated rings. The van der Waals surface area contributed by atoms with E-state index in [1.807, 2.05) is 12.1 Å². The van der Waals surface area contributed by atoms with Gasteiger partial charge in [-0.05, 0) is 42.9 Å². The first-order valence-corrected chi connectivity index (χ1v) is 8.69. The first kappa shape index (κ1) is 16.1. The number of rotatable bonds is 3. The summed E-state index contributed by atoms with van der Waals surface area (Å²) in [6.45, 7) is 1.20. The fraction of sp³-hybridized carbons (Fsp3) is 0.389. The Morgan fingerprint density at radius 2 is 2.04 bits per heavy atom. The lowest BCUT2D eigenvalue weighted by atomic mass is 9.90. The third kappa shape index (κ3) is 2.91. The van der Waals surface area contributed by atoms with Crippen LogP contribution in [-0.2, 0) is 4.79 Å². The second-order valence-electron chi connectivity index (χ2n) is 6.90. The lowest BCUT2D eigenvalue weighted by molar-refractivity contribution is -0.139. The molecule has 7 heteroatoms. The zero-order chi connectivity index (χ0) is 17.6. The summed E-state index contributed by atoms with van der Waals surface area (Å²) in [6, 6.07) is 7.27. The van der Waals surface area contributed by atoms with E-state index >= 15 is 0 Å². The Kier molecular flexibility index (Phi) is 3.80. The molecule has 2 aromatic rings. The molecule has 1 N–H and O–H groups in total. The maximum atomic E-state index is 12.7. The molecule has 1 atom stereocenters. The van der Waals surface area contributed by atoms with Crippen LogP contribution in [0.15, 0.2) is 36.7 Å². The van der Waals surface area contributed by atoms with Gasteiger partial charge in [0.05, 0.1) is 23.4 Å².